The predicted octanol–water partition coefficient (Wildman–Crippen LogP) is 3.16. The van der Waals surface area contributed by atoms with Crippen molar-refractivity contribution in [2.75, 3.05) is 24.3 Å². The normalized spacial score (nSPS) is 11.0. The van der Waals surface area contributed by atoms with Gasteiger partial charge in [-0.15, -0.1) is 0 Å². The lowest BCUT2D eigenvalue weighted by molar-refractivity contribution is 0.251. The van der Waals surface area contributed by atoms with E-state index in [0.717, 1.165) is 11.4 Å². The van der Waals surface area contributed by atoms with Gasteiger partial charge in [-0.05, 0) is 29.2 Å². The fourth-order valence-electron chi connectivity index (χ4n) is 2.10. The highest BCUT2D eigenvalue weighted by Gasteiger charge is 2.13. The summed E-state index contributed by atoms with van der Waals surface area (Å²) in [6.45, 7) is 6.82. The van der Waals surface area contributed by atoms with Gasteiger partial charge in [0.25, 0.3) is 0 Å². The summed E-state index contributed by atoms with van der Waals surface area (Å²) in [6, 6.07) is 9.41. The highest BCUT2D eigenvalue weighted by Crippen LogP contribution is 2.23. The number of urea groups is 1. The molecule has 2 N–H and O–H groups in total. The maximum Gasteiger partial charge on any atom is 0.319 e. The quantitative estimate of drug-likeness (QED) is 0.905. The number of carbonyl (C=O) groups is 1. The summed E-state index contributed by atoms with van der Waals surface area (Å²) in [5.74, 6) is 0.618. The molecule has 0 fully saturated rings. The van der Waals surface area contributed by atoms with Crippen molar-refractivity contribution in [1.82, 2.24) is 15.3 Å². The maximum atomic E-state index is 12.0. The van der Waals surface area contributed by atoms with E-state index >= 15 is 0 Å². The fraction of sp³-hybridized carbons (Fsp3) is 0.389. The minimum Gasteiger partial charge on any atom is -0.347 e. The molecular formula is C18H25N5O. The Morgan fingerprint density at radius 2 is 1.79 bits per heavy atom. The number of carbonyl (C=O) groups excluding carboxylic acids is 1. The number of benzene rings is 1. The molecule has 1 aromatic carbocycles. The molecule has 2 aromatic rings. The molecule has 0 radical (unpaired) electrons. The molecule has 2 amide bonds. The monoisotopic (exact) mass is 327 g/mol. The molecule has 1 aromatic heterocycles. The summed E-state index contributed by atoms with van der Waals surface area (Å²) in [6.07, 6.45) is 1.68. The van der Waals surface area contributed by atoms with Crippen molar-refractivity contribution in [2.45, 2.75) is 32.7 Å². The lowest BCUT2D eigenvalue weighted by Crippen LogP contribution is -2.28. The van der Waals surface area contributed by atoms with Crippen molar-refractivity contribution in [1.29, 1.82) is 0 Å². The molecule has 0 spiro atoms. The topological polar surface area (TPSA) is 70.2 Å². The Morgan fingerprint density at radius 1 is 1.12 bits per heavy atom. The Labute approximate surface area is 143 Å². The van der Waals surface area contributed by atoms with Crippen LogP contribution in [0.1, 0.15) is 32.0 Å². The Balaban J connectivity index is 1.90. The highest BCUT2D eigenvalue weighted by atomic mass is 16.2. The second-order valence-electron chi connectivity index (χ2n) is 6.88. The van der Waals surface area contributed by atoms with Crippen LogP contribution in [0.4, 0.5) is 16.4 Å². The first-order valence-corrected chi connectivity index (χ1v) is 7.90. The molecule has 0 saturated heterocycles. The number of aromatic nitrogens is 2. The molecule has 1 heterocycles. The van der Waals surface area contributed by atoms with Crippen LogP contribution in [-0.2, 0) is 12.0 Å². The van der Waals surface area contributed by atoms with Crippen molar-refractivity contribution in [2.24, 2.45) is 0 Å². The van der Waals surface area contributed by atoms with Gasteiger partial charge in [0.05, 0.1) is 12.2 Å². The van der Waals surface area contributed by atoms with Gasteiger partial charge in [0.15, 0.2) is 0 Å². The van der Waals surface area contributed by atoms with Crippen LogP contribution < -0.4 is 15.5 Å². The van der Waals surface area contributed by atoms with Crippen LogP contribution in [0.25, 0.3) is 0 Å². The van der Waals surface area contributed by atoms with Crippen molar-refractivity contribution >= 4 is 17.7 Å². The summed E-state index contributed by atoms with van der Waals surface area (Å²) in [4.78, 5) is 22.3. The molecule has 0 bridgehead atoms. The average molecular weight is 327 g/mol. The molecular weight excluding hydrogens is 302 g/mol. The molecule has 6 heteroatoms. The van der Waals surface area contributed by atoms with E-state index in [9.17, 15) is 4.79 Å². The summed E-state index contributed by atoms with van der Waals surface area (Å²) >= 11 is 0. The first-order valence-electron chi connectivity index (χ1n) is 7.90. The number of nitrogens with zero attached hydrogens (tertiary/aromatic N) is 3. The number of hydrogen-bond acceptors (Lipinski definition) is 4. The Morgan fingerprint density at radius 3 is 2.38 bits per heavy atom. The summed E-state index contributed by atoms with van der Waals surface area (Å²) in [7, 11) is 3.75. The zero-order chi connectivity index (χ0) is 17.7. The van der Waals surface area contributed by atoms with Gasteiger partial charge in [-0.25, -0.2) is 14.8 Å². The van der Waals surface area contributed by atoms with E-state index in [0.29, 0.717) is 12.5 Å². The van der Waals surface area contributed by atoms with Crippen LogP contribution in [0.5, 0.6) is 0 Å². The Kier molecular flexibility index (Phi) is 5.39. The lowest BCUT2D eigenvalue weighted by atomic mass is 9.87. The molecule has 0 aliphatic heterocycles. The van der Waals surface area contributed by atoms with E-state index in [2.05, 4.69) is 41.4 Å². The standard InChI is InChI=1S/C18H25N5O/c1-18(2,3)13-6-8-14(9-7-13)22-17(24)20-12-15-10-11-19-16(21-15)23(4)5/h6-11H,12H2,1-5H3,(H2,20,22,24). The zero-order valence-corrected chi connectivity index (χ0v) is 14.9. The zero-order valence-electron chi connectivity index (χ0n) is 14.9. The maximum absolute atomic E-state index is 12.0. The van der Waals surface area contributed by atoms with E-state index in [1.807, 2.05) is 43.3 Å². The summed E-state index contributed by atoms with van der Waals surface area (Å²) in [5, 5.41) is 5.62. The van der Waals surface area contributed by atoms with Crippen molar-refractivity contribution in [3.8, 4) is 0 Å². The number of anilines is 2. The van der Waals surface area contributed by atoms with Crippen LogP contribution in [-0.4, -0.2) is 30.1 Å². The molecule has 2 rings (SSSR count). The molecule has 6 nitrogen and oxygen atoms in total. The molecule has 0 aliphatic rings. The van der Waals surface area contributed by atoms with E-state index in [-0.39, 0.29) is 11.4 Å². The highest BCUT2D eigenvalue weighted by molar-refractivity contribution is 5.89. The second kappa shape index (κ2) is 7.29. The van der Waals surface area contributed by atoms with Gasteiger partial charge in [-0.1, -0.05) is 32.9 Å². The largest absolute Gasteiger partial charge is 0.347 e. The van der Waals surface area contributed by atoms with Crippen LogP contribution in [0.3, 0.4) is 0 Å². The number of rotatable bonds is 4. The fourth-order valence-corrected chi connectivity index (χ4v) is 2.10. The van der Waals surface area contributed by atoms with E-state index in [1.165, 1.54) is 5.56 Å². The van der Waals surface area contributed by atoms with Gasteiger partial charge in [-0.2, -0.15) is 0 Å². The van der Waals surface area contributed by atoms with Crippen LogP contribution >= 0.6 is 0 Å². The van der Waals surface area contributed by atoms with E-state index in [1.54, 1.807) is 12.3 Å². The Bertz CT molecular complexity index is 689. The van der Waals surface area contributed by atoms with Crippen molar-refractivity contribution in [3.63, 3.8) is 0 Å². The molecule has 24 heavy (non-hydrogen) atoms. The lowest BCUT2D eigenvalue weighted by Gasteiger charge is -2.19. The third-order valence-electron chi connectivity index (χ3n) is 3.54. The van der Waals surface area contributed by atoms with Crippen LogP contribution in [0, 0.1) is 0 Å². The molecule has 0 aliphatic carbocycles. The van der Waals surface area contributed by atoms with Gasteiger partial charge in [0, 0.05) is 26.0 Å². The smallest absolute Gasteiger partial charge is 0.319 e. The molecule has 0 unspecified atom stereocenters. The van der Waals surface area contributed by atoms with Crippen molar-refractivity contribution < 1.29 is 4.79 Å². The summed E-state index contributed by atoms with van der Waals surface area (Å²) < 4.78 is 0. The van der Waals surface area contributed by atoms with Crippen LogP contribution in [0.2, 0.25) is 0 Å². The minimum absolute atomic E-state index is 0.0952. The number of hydrogen-bond donors (Lipinski definition) is 2. The van der Waals surface area contributed by atoms with Crippen LogP contribution in [0.15, 0.2) is 36.5 Å². The first-order chi connectivity index (χ1) is 11.3. The van der Waals surface area contributed by atoms with Gasteiger partial charge >= 0.3 is 6.03 Å². The number of amides is 2. The molecule has 128 valence electrons. The molecule has 0 atom stereocenters. The van der Waals surface area contributed by atoms with E-state index in [4.69, 9.17) is 0 Å². The third kappa shape index (κ3) is 4.94. The predicted molar refractivity (Wildman–Crippen MR) is 97.4 cm³/mol. The molecule has 0 saturated carbocycles. The van der Waals surface area contributed by atoms with E-state index < -0.39 is 0 Å². The van der Waals surface area contributed by atoms with Gasteiger partial charge < -0.3 is 15.5 Å². The summed E-state index contributed by atoms with van der Waals surface area (Å²) in [5.41, 5.74) is 2.84. The van der Waals surface area contributed by atoms with Crippen molar-refractivity contribution in [3.05, 3.63) is 47.8 Å². The SMILES string of the molecule is CN(C)c1nccc(CNC(=O)Nc2ccc(C(C)(C)C)cc2)n1. The first kappa shape index (κ1) is 17.7. The minimum atomic E-state index is -0.261. The average Bonchev–Trinajstić information content (AvgIpc) is 2.53. The Hall–Kier alpha value is -2.63. The second-order valence-corrected chi connectivity index (χ2v) is 6.88. The third-order valence-corrected chi connectivity index (χ3v) is 3.54. The van der Waals surface area contributed by atoms with Gasteiger partial charge in [0.1, 0.15) is 0 Å². The van der Waals surface area contributed by atoms with Gasteiger partial charge in [-0.3, -0.25) is 0 Å². The number of nitrogens with one attached hydrogen (secondary N) is 2. The van der Waals surface area contributed by atoms with Gasteiger partial charge in [0.2, 0.25) is 5.95 Å².